The first-order valence-electron chi connectivity index (χ1n) is 4.29. The highest BCUT2D eigenvalue weighted by Crippen LogP contribution is 2.23. The highest BCUT2D eigenvalue weighted by atomic mass is 35.5. The van der Waals surface area contributed by atoms with Crippen LogP contribution in [-0.4, -0.2) is 14.8 Å². The Balaban J connectivity index is 2.53. The molecule has 2 aromatic rings. The molecule has 6 heteroatoms. The minimum absolute atomic E-state index is 0.351. The Morgan fingerprint density at radius 1 is 1.27 bits per heavy atom. The van der Waals surface area contributed by atoms with Gasteiger partial charge in [0.1, 0.15) is 0 Å². The maximum atomic E-state index is 5.87. The Kier molecular flexibility index (Phi) is 2.24. The molecule has 78 valence electrons. The summed E-state index contributed by atoms with van der Waals surface area (Å²) in [6.07, 6.45) is 0. The number of nitrogen functional groups attached to an aromatic ring is 2. The molecule has 2 rings (SSSR count). The fraction of sp³-hybridized carbons (Fsp3) is 0.111. The highest BCUT2D eigenvalue weighted by molar-refractivity contribution is 6.31. The predicted octanol–water partition coefficient (Wildman–Crippen LogP) is 1.30. The van der Waals surface area contributed by atoms with Crippen LogP contribution in [0.5, 0.6) is 0 Å². The lowest BCUT2D eigenvalue weighted by molar-refractivity contribution is 0.781. The molecule has 1 heterocycles. The third-order valence-corrected chi connectivity index (χ3v) is 2.19. The van der Waals surface area contributed by atoms with Crippen molar-refractivity contribution in [3.05, 3.63) is 23.2 Å². The zero-order valence-electron chi connectivity index (χ0n) is 8.11. The van der Waals surface area contributed by atoms with E-state index in [0.717, 1.165) is 5.56 Å². The number of halogens is 1. The Morgan fingerprint density at radius 2 is 2.00 bits per heavy atom. The summed E-state index contributed by atoms with van der Waals surface area (Å²) in [6, 6.07) is 5.16. The molecule has 4 N–H and O–H groups in total. The summed E-state index contributed by atoms with van der Waals surface area (Å²) in [4.78, 5) is 4.08. The lowest BCUT2D eigenvalue weighted by Gasteiger charge is -1.98. The van der Waals surface area contributed by atoms with Crippen LogP contribution in [0.4, 0.5) is 11.6 Å². The number of aromatic nitrogens is 3. The Bertz CT molecular complexity index is 465. The van der Waals surface area contributed by atoms with Gasteiger partial charge in [-0.05, 0) is 18.2 Å². The van der Waals surface area contributed by atoms with Crippen LogP contribution in [0.15, 0.2) is 18.2 Å². The normalized spacial score (nSPS) is 10.5. The Labute approximate surface area is 91.7 Å². The second-order valence-electron chi connectivity index (χ2n) is 3.19. The van der Waals surface area contributed by atoms with Crippen molar-refractivity contribution >= 4 is 23.2 Å². The van der Waals surface area contributed by atoms with E-state index >= 15 is 0 Å². The maximum absolute atomic E-state index is 5.87. The molecule has 0 radical (unpaired) electrons. The number of nitrogens with two attached hydrogens (primary N) is 2. The maximum Gasteiger partial charge on any atom is 0.218 e. The van der Waals surface area contributed by atoms with E-state index in [2.05, 4.69) is 10.1 Å². The van der Waals surface area contributed by atoms with Crippen LogP contribution in [0.2, 0.25) is 5.02 Å². The zero-order valence-corrected chi connectivity index (χ0v) is 8.86. The van der Waals surface area contributed by atoms with Crippen LogP contribution in [0.1, 0.15) is 0 Å². The van der Waals surface area contributed by atoms with E-state index in [1.165, 1.54) is 4.68 Å². The van der Waals surface area contributed by atoms with E-state index in [0.29, 0.717) is 22.5 Å². The van der Waals surface area contributed by atoms with Gasteiger partial charge in [-0.1, -0.05) is 11.6 Å². The van der Waals surface area contributed by atoms with E-state index in [1.807, 2.05) is 0 Å². The van der Waals surface area contributed by atoms with Crippen molar-refractivity contribution in [1.29, 1.82) is 0 Å². The van der Waals surface area contributed by atoms with Gasteiger partial charge in [-0.15, -0.1) is 5.10 Å². The summed E-state index contributed by atoms with van der Waals surface area (Å²) in [5, 5.41) is 4.68. The lowest BCUT2D eigenvalue weighted by Crippen LogP contribution is -1.97. The summed E-state index contributed by atoms with van der Waals surface area (Å²) in [5.74, 6) is 0.868. The quantitative estimate of drug-likeness (QED) is 0.714. The van der Waals surface area contributed by atoms with Crippen molar-refractivity contribution in [2.45, 2.75) is 0 Å². The smallest absolute Gasteiger partial charge is 0.218 e. The minimum atomic E-state index is 0.351. The molecule has 0 aliphatic carbocycles. The van der Waals surface area contributed by atoms with Gasteiger partial charge in [0.25, 0.3) is 0 Å². The summed E-state index contributed by atoms with van der Waals surface area (Å²) < 4.78 is 1.49. The molecule has 15 heavy (non-hydrogen) atoms. The topological polar surface area (TPSA) is 82.8 Å². The van der Waals surface area contributed by atoms with E-state index in [4.69, 9.17) is 23.1 Å². The molecule has 0 aliphatic heterocycles. The molecule has 0 amide bonds. The second-order valence-corrected chi connectivity index (χ2v) is 3.63. The first-order valence-corrected chi connectivity index (χ1v) is 4.67. The van der Waals surface area contributed by atoms with Crippen LogP contribution in [0.25, 0.3) is 11.4 Å². The summed E-state index contributed by atoms with van der Waals surface area (Å²) in [7, 11) is 1.72. The van der Waals surface area contributed by atoms with Crippen LogP contribution < -0.4 is 11.5 Å². The van der Waals surface area contributed by atoms with Crippen molar-refractivity contribution in [2.24, 2.45) is 7.05 Å². The number of anilines is 2. The van der Waals surface area contributed by atoms with Crippen LogP contribution in [0, 0.1) is 0 Å². The number of hydrogen-bond acceptors (Lipinski definition) is 4. The summed E-state index contributed by atoms with van der Waals surface area (Å²) in [5.41, 5.74) is 12.6. The van der Waals surface area contributed by atoms with Crippen LogP contribution in [0.3, 0.4) is 0 Å². The molecule has 0 saturated heterocycles. The molecule has 1 aromatic heterocycles. The molecule has 0 atom stereocenters. The van der Waals surface area contributed by atoms with Gasteiger partial charge >= 0.3 is 0 Å². The monoisotopic (exact) mass is 223 g/mol. The van der Waals surface area contributed by atoms with Crippen molar-refractivity contribution in [2.75, 3.05) is 11.5 Å². The molecular weight excluding hydrogens is 214 g/mol. The average molecular weight is 224 g/mol. The average Bonchev–Trinajstić information content (AvgIpc) is 2.45. The van der Waals surface area contributed by atoms with Gasteiger partial charge in [-0.2, -0.15) is 4.98 Å². The number of nitrogens with zero attached hydrogens (tertiary/aromatic N) is 3. The molecule has 0 bridgehead atoms. The molecule has 0 spiro atoms. The standard InChI is InChI=1S/C9H10ClN5/c1-15-9(12)13-8(14-15)5-2-6(10)4-7(11)3-5/h2-4H,11H2,1H3,(H2,12,13,14). The highest BCUT2D eigenvalue weighted by Gasteiger charge is 2.07. The number of hydrogen-bond donors (Lipinski definition) is 2. The van der Waals surface area contributed by atoms with Crippen LogP contribution >= 0.6 is 11.6 Å². The fourth-order valence-electron chi connectivity index (χ4n) is 1.26. The van der Waals surface area contributed by atoms with E-state index in [9.17, 15) is 0 Å². The van der Waals surface area contributed by atoms with E-state index < -0.39 is 0 Å². The fourth-order valence-corrected chi connectivity index (χ4v) is 1.50. The van der Waals surface area contributed by atoms with Crippen molar-refractivity contribution in [3.8, 4) is 11.4 Å². The van der Waals surface area contributed by atoms with Crippen molar-refractivity contribution in [3.63, 3.8) is 0 Å². The first-order chi connectivity index (χ1) is 7.06. The first kappa shape index (κ1) is 9.79. The molecule has 0 saturated carbocycles. The number of aryl methyl sites for hydroxylation is 1. The van der Waals surface area contributed by atoms with Gasteiger partial charge in [-0.3, -0.25) is 0 Å². The van der Waals surface area contributed by atoms with Gasteiger partial charge in [-0.25, -0.2) is 4.68 Å². The van der Waals surface area contributed by atoms with Gasteiger partial charge in [0.15, 0.2) is 5.82 Å². The number of benzene rings is 1. The molecule has 0 unspecified atom stereocenters. The molecule has 0 fully saturated rings. The van der Waals surface area contributed by atoms with Crippen molar-refractivity contribution < 1.29 is 0 Å². The molecular formula is C9H10ClN5. The van der Waals surface area contributed by atoms with E-state index in [-0.39, 0.29) is 0 Å². The summed E-state index contributed by atoms with van der Waals surface area (Å²) in [6.45, 7) is 0. The summed E-state index contributed by atoms with van der Waals surface area (Å²) >= 11 is 5.87. The largest absolute Gasteiger partial charge is 0.399 e. The second kappa shape index (κ2) is 3.43. The molecule has 1 aromatic carbocycles. The van der Waals surface area contributed by atoms with E-state index in [1.54, 1.807) is 25.2 Å². The Morgan fingerprint density at radius 3 is 2.53 bits per heavy atom. The predicted molar refractivity (Wildman–Crippen MR) is 60.3 cm³/mol. The zero-order chi connectivity index (χ0) is 11.0. The lowest BCUT2D eigenvalue weighted by atomic mass is 10.2. The number of rotatable bonds is 1. The van der Waals surface area contributed by atoms with Crippen LogP contribution in [-0.2, 0) is 7.05 Å². The van der Waals surface area contributed by atoms with Gasteiger partial charge in [0, 0.05) is 23.3 Å². The SMILES string of the molecule is Cn1nc(-c2cc(N)cc(Cl)c2)nc1N. The van der Waals surface area contributed by atoms with Gasteiger partial charge in [0.05, 0.1) is 0 Å². The minimum Gasteiger partial charge on any atom is -0.399 e. The van der Waals surface area contributed by atoms with Gasteiger partial charge in [0.2, 0.25) is 5.95 Å². The molecule has 5 nitrogen and oxygen atoms in total. The van der Waals surface area contributed by atoms with Crippen molar-refractivity contribution in [1.82, 2.24) is 14.8 Å². The third kappa shape index (κ3) is 1.87. The third-order valence-electron chi connectivity index (χ3n) is 1.98. The van der Waals surface area contributed by atoms with Gasteiger partial charge < -0.3 is 11.5 Å². The Hall–Kier alpha value is -1.75. The molecule has 0 aliphatic rings.